The molecule has 0 aromatic heterocycles. The SMILES string of the molecule is CC(=O)OC1C#CCCCCCCC1. The Morgan fingerprint density at radius 1 is 1.21 bits per heavy atom. The van der Waals surface area contributed by atoms with Crippen molar-refractivity contribution in [3.8, 4) is 11.8 Å². The zero-order valence-corrected chi connectivity index (χ0v) is 8.84. The first-order valence-corrected chi connectivity index (χ1v) is 5.44. The van der Waals surface area contributed by atoms with E-state index in [1.807, 2.05) is 0 Å². The Bertz CT molecular complexity index is 234. The van der Waals surface area contributed by atoms with Gasteiger partial charge in [0, 0.05) is 13.3 Å². The van der Waals surface area contributed by atoms with Gasteiger partial charge in [0.1, 0.15) is 0 Å². The standard InChI is InChI=1S/C12H18O2/c1-11(13)14-12-9-7-5-3-2-4-6-8-10-12/h12H,2-7,9H2,1H3. The lowest BCUT2D eigenvalue weighted by Gasteiger charge is -2.11. The summed E-state index contributed by atoms with van der Waals surface area (Å²) in [5, 5.41) is 0. The maximum atomic E-state index is 10.8. The maximum absolute atomic E-state index is 10.8. The van der Waals surface area contributed by atoms with Crippen LogP contribution in [0.3, 0.4) is 0 Å². The maximum Gasteiger partial charge on any atom is 0.303 e. The van der Waals surface area contributed by atoms with Gasteiger partial charge in [0.05, 0.1) is 0 Å². The molecule has 1 unspecified atom stereocenters. The van der Waals surface area contributed by atoms with Gasteiger partial charge < -0.3 is 4.74 Å². The topological polar surface area (TPSA) is 26.3 Å². The van der Waals surface area contributed by atoms with E-state index in [2.05, 4.69) is 11.8 Å². The summed E-state index contributed by atoms with van der Waals surface area (Å²) < 4.78 is 5.11. The van der Waals surface area contributed by atoms with Gasteiger partial charge in [-0.15, -0.1) is 0 Å². The number of hydrogen-bond acceptors (Lipinski definition) is 2. The molecule has 0 saturated heterocycles. The van der Waals surface area contributed by atoms with Crippen molar-refractivity contribution in [2.75, 3.05) is 0 Å². The second-order valence-electron chi connectivity index (χ2n) is 3.73. The monoisotopic (exact) mass is 194 g/mol. The molecule has 0 amide bonds. The van der Waals surface area contributed by atoms with Gasteiger partial charge in [-0.05, 0) is 19.3 Å². The molecule has 0 heterocycles. The molecule has 1 atom stereocenters. The number of carbonyl (C=O) groups excluding carboxylic acids is 1. The molecule has 0 aromatic rings. The van der Waals surface area contributed by atoms with Gasteiger partial charge in [-0.25, -0.2) is 0 Å². The number of esters is 1. The number of rotatable bonds is 1. The summed E-state index contributed by atoms with van der Waals surface area (Å²) in [4.78, 5) is 10.8. The molecule has 0 fully saturated rings. The van der Waals surface area contributed by atoms with Crippen LogP contribution in [0.25, 0.3) is 0 Å². The summed E-state index contributed by atoms with van der Waals surface area (Å²) in [6.07, 6.45) is 7.78. The van der Waals surface area contributed by atoms with Crippen LogP contribution >= 0.6 is 0 Å². The molecule has 14 heavy (non-hydrogen) atoms. The van der Waals surface area contributed by atoms with E-state index >= 15 is 0 Å². The van der Waals surface area contributed by atoms with Crippen LogP contribution in [0.4, 0.5) is 0 Å². The summed E-state index contributed by atoms with van der Waals surface area (Å²) in [5.41, 5.74) is 0. The first-order valence-electron chi connectivity index (χ1n) is 5.44. The fourth-order valence-electron chi connectivity index (χ4n) is 1.62. The van der Waals surface area contributed by atoms with E-state index in [0.717, 1.165) is 19.3 Å². The minimum Gasteiger partial charge on any atom is -0.449 e. The molecule has 0 N–H and O–H groups in total. The lowest BCUT2D eigenvalue weighted by Crippen LogP contribution is -2.14. The van der Waals surface area contributed by atoms with Gasteiger partial charge in [-0.2, -0.15) is 0 Å². The van der Waals surface area contributed by atoms with Gasteiger partial charge in [0.25, 0.3) is 0 Å². The zero-order valence-electron chi connectivity index (χ0n) is 8.84. The van der Waals surface area contributed by atoms with Crippen LogP contribution in [0, 0.1) is 11.8 Å². The second-order valence-corrected chi connectivity index (χ2v) is 3.73. The minimum atomic E-state index is -0.221. The van der Waals surface area contributed by atoms with E-state index in [0.29, 0.717) is 0 Å². The zero-order chi connectivity index (χ0) is 10.2. The molecule has 1 aliphatic carbocycles. The molecule has 0 saturated carbocycles. The van der Waals surface area contributed by atoms with Gasteiger partial charge in [0.15, 0.2) is 6.10 Å². The Morgan fingerprint density at radius 2 is 1.93 bits per heavy atom. The molecule has 1 rings (SSSR count). The molecular formula is C12H18O2. The van der Waals surface area contributed by atoms with Crippen LogP contribution in [0.5, 0.6) is 0 Å². The van der Waals surface area contributed by atoms with Gasteiger partial charge in [-0.3, -0.25) is 4.79 Å². The predicted octanol–water partition coefficient (Wildman–Crippen LogP) is 2.67. The highest BCUT2D eigenvalue weighted by Crippen LogP contribution is 2.12. The van der Waals surface area contributed by atoms with Gasteiger partial charge in [-0.1, -0.05) is 31.1 Å². The Labute approximate surface area is 86.0 Å². The van der Waals surface area contributed by atoms with Gasteiger partial charge in [0.2, 0.25) is 0 Å². The average Bonchev–Trinajstić information content (AvgIpc) is 2.15. The quantitative estimate of drug-likeness (QED) is 0.474. The van der Waals surface area contributed by atoms with E-state index in [4.69, 9.17) is 4.74 Å². The largest absolute Gasteiger partial charge is 0.449 e. The highest BCUT2D eigenvalue weighted by Gasteiger charge is 2.08. The van der Waals surface area contributed by atoms with Crippen molar-refractivity contribution in [3.05, 3.63) is 0 Å². The third kappa shape index (κ3) is 4.91. The van der Waals surface area contributed by atoms with Crippen LogP contribution in [0.2, 0.25) is 0 Å². The lowest BCUT2D eigenvalue weighted by atomic mass is 10.0. The van der Waals surface area contributed by atoms with E-state index < -0.39 is 0 Å². The van der Waals surface area contributed by atoms with Gasteiger partial charge >= 0.3 is 5.97 Å². The van der Waals surface area contributed by atoms with Crippen molar-refractivity contribution in [1.82, 2.24) is 0 Å². The minimum absolute atomic E-state index is 0.161. The summed E-state index contributed by atoms with van der Waals surface area (Å²) >= 11 is 0. The van der Waals surface area contributed by atoms with Crippen molar-refractivity contribution < 1.29 is 9.53 Å². The molecule has 2 heteroatoms. The predicted molar refractivity (Wildman–Crippen MR) is 55.6 cm³/mol. The van der Waals surface area contributed by atoms with Crippen LogP contribution in [-0.2, 0) is 9.53 Å². The Hall–Kier alpha value is -0.970. The molecule has 78 valence electrons. The molecule has 0 radical (unpaired) electrons. The molecule has 1 aliphatic rings. The summed E-state index contributed by atoms with van der Waals surface area (Å²) in [5.74, 6) is 5.89. The fourth-order valence-corrected chi connectivity index (χ4v) is 1.62. The molecular weight excluding hydrogens is 176 g/mol. The summed E-state index contributed by atoms with van der Waals surface area (Å²) in [6, 6.07) is 0. The smallest absolute Gasteiger partial charge is 0.303 e. The molecule has 0 bridgehead atoms. The van der Waals surface area contributed by atoms with Crippen molar-refractivity contribution in [2.45, 2.75) is 58.0 Å². The number of ether oxygens (including phenoxy) is 1. The first kappa shape index (κ1) is 11.1. The molecule has 0 aliphatic heterocycles. The van der Waals surface area contributed by atoms with Crippen molar-refractivity contribution in [2.24, 2.45) is 0 Å². The molecule has 2 nitrogen and oxygen atoms in total. The third-order valence-corrected chi connectivity index (χ3v) is 2.34. The molecule has 0 spiro atoms. The second kappa shape index (κ2) is 6.48. The Morgan fingerprint density at radius 3 is 2.71 bits per heavy atom. The highest BCUT2D eigenvalue weighted by molar-refractivity contribution is 5.66. The number of hydrogen-bond donors (Lipinski definition) is 0. The third-order valence-electron chi connectivity index (χ3n) is 2.34. The molecule has 0 aromatic carbocycles. The van der Waals surface area contributed by atoms with E-state index in [1.165, 1.54) is 32.6 Å². The van der Waals surface area contributed by atoms with Crippen LogP contribution < -0.4 is 0 Å². The van der Waals surface area contributed by atoms with Crippen molar-refractivity contribution in [3.63, 3.8) is 0 Å². The van der Waals surface area contributed by atoms with Crippen molar-refractivity contribution >= 4 is 5.97 Å². The van der Waals surface area contributed by atoms with Crippen LogP contribution in [-0.4, -0.2) is 12.1 Å². The Balaban J connectivity index is 2.43. The van der Waals surface area contributed by atoms with E-state index in [9.17, 15) is 4.79 Å². The Kier molecular flexibility index (Phi) is 5.14. The van der Waals surface area contributed by atoms with Crippen LogP contribution in [0.1, 0.15) is 51.9 Å². The fraction of sp³-hybridized carbons (Fsp3) is 0.750. The summed E-state index contributed by atoms with van der Waals surface area (Å²) in [7, 11) is 0. The van der Waals surface area contributed by atoms with Crippen LogP contribution in [0.15, 0.2) is 0 Å². The highest BCUT2D eigenvalue weighted by atomic mass is 16.5. The summed E-state index contributed by atoms with van der Waals surface area (Å²) in [6.45, 7) is 1.44. The van der Waals surface area contributed by atoms with E-state index in [-0.39, 0.29) is 12.1 Å². The van der Waals surface area contributed by atoms with E-state index in [1.54, 1.807) is 0 Å². The first-order chi connectivity index (χ1) is 6.79. The average molecular weight is 194 g/mol. The van der Waals surface area contributed by atoms with Crippen molar-refractivity contribution in [1.29, 1.82) is 0 Å². The number of carbonyl (C=O) groups is 1. The lowest BCUT2D eigenvalue weighted by molar-refractivity contribution is -0.144. The normalized spacial score (nSPS) is 23.1.